The Kier molecular flexibility index (Phi) is 6.05. The summed E-state index contributed by atoms with van der Waals surface area (Å²) in [6.45, 7) is 0. The number of rotatable bonds is 5. The second-order valence-electron chi connectivity index (χ2n) is 10.2. The normalized spacial score (nSPS) is 15.9. The second kappa shape index (κ2) is 9.95. The predicted octanol–water partition coefficient (Wildman–Crippen LogP) is 4.92. The number of carbonyl (C=O) groups excluding carboxylic acids is 1. The van der Waals surface area contributed by atoms with E-state index in [2.05, 4.69) is 0 Å². The first-order chi connectivity index (χ1) is 20.8. The van der Waals surface area contributed by atoms with Crippen LogP contribution in [0.4, 0.5) is 0 Å². The Bertz CT molecular complexity index is 2170. The SMILES string of the molecule is COc1cccc2c(CC3=CC4=C(O)c5cc(Cc6cc(=O)oc7c(O)cccc67)ccc5OC4OC3=O)cc(=O)oc12. The van der Waals surface area contributed by atoms with Crippen molar-refractivity contribution in [3.05, 3.63) is 127 Å². The minimum Gasteiger partial charge on any atom is -0.507 e. The third kappa shape index (κ3) is 4.49. The lowest BCUT2D eigenvalue weighted by Crippen LogP contribution is -2.34. The Hall–Kier alpha value is -5.77. The third-order valence-corrected chi connectivity index (χ3v) is 7.52. The van der Waals surface area contributed by atoms with E-state index in [0.29, 0.717) is 45.4 Å². The molecule has 0 spiro atoms. The summed E-state index contributed by atoms with van der Waals surface area (Å²) in [5, 5.41) is 22.7. The Morgan fingerprint density at radius 3 is 2.26 bits per heavy atom. The highest BCUT2D eigenvalue weighted by atomic mass is 16.7. The molecule has 2 aliphatic heterocycles. The topological polar surface area (TPSA) is 146 Å². The Balaban J connectivity index is 1.26. The van der Waals surface area contributed by atoms with Crippen LogP contribution in [0.25, 0.3) is 27.7 Å². The third-order valence-electron chi connectivity index (χ3n) is 7.52. The molecule has 4 heterocycles. The molecule has 7 rings (SSSR count). The van der Waals surface area contributed by atoms with Gasteiger partial charge in [0, 0.05) is 34.9 Å². The highest BCUT2D eigenvalue weighted by Crippen LogP contribution is 2.40. The van der Waals surface area contributed by atoms with E-state index in [4.69, 9.17) is 23.0 Å². The molecule has 5 aromatic rings. The number of para-hydroxylation sites is 2. The van der Waals surface area contributed by atoms with Gasteiger partial charge in [-0.3, -0.25) is 0 Å². The van der Waals surface area contributed by atoms with Crippen molar-refractivity contribution in [2.45, 2.75) is 19.1 Å². The molecule has 2 aliphatic rings. The average Bonchev–Trinajstić information content (AvgIpc) is 2.98. The molecule has 1 atom stereocenters. The molecule has 10 heteroatoms. The van der Waals surface area contributed by atoms with Gasteiger partial charge in [-0.05, 0) is 53.5 Å². The van der Waals surface area contributed by atoms with Crippen LogP contribution in [0.15, 0.2) is 102 Å². The Morgan fingerprint density at radius 1 is 0.791 bits per heavy atom. The van der Waals surface area contributed by atoms with Gasteiger partial charge in [0.25, 0.3) is 6.29 Å². The van der Waals surface area contributed by atoms with E-state index in [1.165, 1.54) is 31.4 Å². The van der Waals surface area contributed by atoms with E-state index in [0.717, 1.165) is 5.56 Å². The average molecular weight is 579 g/mol. The largest absolute Gasteiger partial charge is 0.507 e. The lowest BCUT2D eigenvalue weighted by Gasteiger charge is -2.30. The number of fused-ring (bicyclic) bond motifs is 4. The zero-order valence-corrected chi connectivity index (χ0v) is 22.6. The molecule has 43 heavy (non-hydrogen) atoms. The monoisotopic (exact) mass is 578 g/mol. The first-order valence-corrected chi connectivity index (χ1v) is 13.3. The molecule has 0 saturated heterocycles. The number of aliphatic hydroxyl groups excluding tert-OH is 1. The fourth-order valence-corrected chi connectivity index (χ4v) is 5.52. The van der Waals surface area contributed by atoms with Crippen molar-refractivity contribution in [1.82, 2.24) is 0 Å². The van der Waals surface area contributed by atoms with Crippen LogP contribution in [0.2, 0.25) is 0 Å². The zero-order valence-electron chi connectivity index (χ0n) is 22.6. The molecule has 2 aromatic heterocycles. The van der Waals surface area contributed by atoms with Crippen molar-refractivity contribution < 1.29 is 38.1 Å². The summed E-state index contributed by atoms with van der Waals surface area (Å²) >= 11 is 0. The summed E-state index contributed by atoms with van der Waals surface area (Å²) in [7, 11) is 1.47. The van der Waals surface area contributed by atoms with Gasteiger partial charge in [0.15, 0.2) is 22.7 Å². The van der Waals surface area contributed by atoms with Crippen LogP contribution >= 0.6 is 0 Å². The summed E-state index contributed by atoms with van der Waals surface area (Å²) in [4.78, 5) is 37.5. The lowest BCUT2D eigenvalue weighted by atomic mass is 9.94. The van der Waals surface area contributed by atoms with E-state index in [9.17, 15) is 24.6 Å². The van der Waals surface area contributed by atoms with Gasteiger partial charge in [-0.2, -0.15) is 0 Å². The summed E-state index contributed by atoms with van der Waals surface area (Å²) in [6.07, 6.45) is 0.688. The van der Waals surface area contributed by atoms with Gasteiger partial charge in [0.05, 0.1) is 18.2 Å². The number of esters is 1. The number of phenolic OH excluding ortho intramolecular Hbond substituents is 1. The number of phenols is 1. The maximum Gasteiger partial charge on any atom is 0.337 e. The molecule has 0 radical (unpaired) electrons. The number of aliphatic hydroxyl groups is 1. The number of benzene rings is 3. The van der Waals surface area contributed by atoms with Gasteiger partial charge in [-0.25, -0.2) is 14.4 Å². The highest BCUT2D eigenvalue weighted by Gasteiger charge is 2.36. The molecule has 2 N–H and O–H groups in total. The molecule has 0 amide bonds. The van der Waals surface area contributed by atoms with E-state index >= 15 is 0 Å². The fraction of sp³-hybridized carbons (Fsp3) is 0.121. The van der Waals surface area contributed by atoms with Crippen molar-refractivity contribution in [2.75, 3.05) is 7.11 Å². The van der Waals surface area contributed by atoms with Crippen molar-refractivity contribution >= 4 is 33.7 Å². The maximum atomic E-state index is 13.0. The molecular formula is C33H22O10. The van der Waals surface area contributed by atoms with Crippen LogP contribution < -0.4 is 20.7 Å². The zero-order chi connectivity index (χ0) is 29.8. The first kappa shape index (κ1) is 26.1. The van der Waals surface area contributed by atoms with Gasteiger partial charge in [0.1, 0.15) is 11.5 Å². The minimum atomic E-state index is -1.15. The van der Waals surface area contributed by atoms with Crippen molar-refractivity contribution in [3.8, 4) is 17.2 Å². The number of hydrogen-bond acceptors (Lipinski definition) is 10. The fourth-order valence-electron chi connectivity index (χ4n) is 5.52. The van der Waals surface area contributed by atoms with Crippen molar-refractivity contribution in [3.63, 3.8) is 0 Å². The number of hydrogen-bond donors (Lipinski definition) is 2. The van der Waals surface area contributed by atoms with Crippen LogP contribution in [0, 0.1) is 0 Å². The van der Waals surface area contributed by atoms with Gasteiger partial charge in [-0.15, -0.1) is 0 Å². The first-order valence-electron chi connectivity index (χ1n) is 13.3. The molecule has 0 saturated carbocycles. The van der Waals surface area contributed by atoms with Crippen LogP contribution in [0.1, 0.15) is 22.3 Å². The summed E-state index contributed by atoms with van der Waals surface area (Å²) in [6, 6.07) is 17.8. The molecule has 3 aromatic carbocycles. The summed E-state index contributed by atoms with van der Waals surface area (Å²) in [5.41, 5.74) is 1.91. The standard InChI is InChI=1S/C33H22O10/c1-39-26-7-3-5-21-18(15-28(36)42-31(21)26)12-19-13-23-29(37)22-11-16(8-9-25(22)40-33(23)43-32(19)38)10-17-14-27(35)41-30-20(17)4-2-6-24(30)34/h2-9,11,13-15,33-34,37H,10,12H2,1H3. The summed E-state index contributed by atoms with van der Waals surface area (Å²) < 4.78 is 27.3. The van der Waals surface area contributed by atoms with Crippen molar-refractivity contribution in [2.24, 2.45) is 0 Å². The summed E-state index contributed by atoms with van der Waals surface area (Å²) in [5.74, 6) is -0.224. The number of aromatic hydroxyl groups is 1. The minimum absolute atomic E-state index is 0.0288. The molecule has 0 aliphatic carbocycles. The molecule has 10 nitrogen and oxygen atoms in total. The molecule has 214 valence electrons. The predicted molar refractivity (Wildman–Crippen MR) is 154 cm³/mol. The molecule has 0 fully saturated rings. The molecule has 1 unspecified atom stereocenters. The Labute approximate surface area is 242 Å². The van der Waals surface area contributed by atoms with Crippen LogP contribution in [-0.4, -0.2) is 29.6 Å². The maximum absolute atomic E-state index is 13.0. The second-order valence-corrected chi connectivity index (χ2v) is 10.2. The van der Waals surface area contributed by atoms with E-state index in [1.54, 1.807) is 48.5 Å². The number of carbonyl (C=O) groups is 1. The number of methoxy groups -OCH3 is 1. The van der Waals surface area contributed by atoms with E-state index in [-0.39, 0.29) is 40.2 Å². The highest BCUT2D eigenvalue weighted by molar-refractivity contribution is 5.94. The van der Waals surface area contributed by atoms with E-state index in [1.807, 2.05) is 0 Å². The lowest BCUT2D eigenvalue weighted by molar-refractivity contribution is -0.155. The smallest absolute Gasteiger partial charge is 0.337 e. The van der Waals surface area contributed by atoms with Gasteiger partial charge < -0.3 is 33.3 Å². The van der Waals surface area contributed by atoms with E-state index < -0.39 is 23.5 Å². The van der Waals surface area contributed by atoms with Crippen LogP contribution in [0.3, 0.4) is 0 Å². The van der Waals surface area contributed by atoms with Crippen LogP contribution in [0.5, 0.6) is 17.2 Å². The van der Waals surface area contributed by atoms with Gasteiger partial charge in [0.2, 0.25) is 0 Å². The molecular weight excluding hydrogens is 556 g/mol. The Morgan fingerprint density at radius 2 is 1.49 bits per heavy atom. The van der Waals surface area contributed by atoms with Crippen LogP contribution in [-0.2, 0) is 22.4 Å². The number of ether oxygens (including phenoxy) is 3. The van der Waals surface area contributed by atoms with Gasteiger partial charge >= 0.3 is 17.2 Å². The quantitative estimate of drug-likeness (QED) is 0.218. The van der Waals surface area contributed by atoms with Crippen molar-refractivity contribution in [1.29, 1.82) is 0 Å². The molecule has 0 bridgehead atoms. The van der Waals surface area contributed by atoms with Gasteiger partial charge in [-0.1, -0.05) is 30.3 Å².